The summed E-state index contributed by atoms with van der Waals surface area (Å²) >= 11 is 7.46. The molecule has 3 heterocycles. The second-order valence-corrected chi connectivity index (χ2v) is 5.97. The van der Waals surface area contributed by atoms with E-state index >= 15 is 0 Å². The summed E-state index contributed by atoms with van der Waals surface area (Å²) in [4.78, 5) is 12.7. The maximum atomic E-state index is 11.4. The van der Waals surface area contributed by atoms with Gasteiger partial charge < -0.3 is 15.8 Å². The average molecular weight is 325 g/mol. The zero-order chi connectivity index (χ0) is 14.8. The second-order valence-electron chi connectivity index (χ2n) is 4.58. The van der Waals surface area contributed by atoms with E-state index in [4.69, 9.17) is 22.1 Å². The maximum absolute atomic E-state index is 11.4. The van der Waals surface area contributed by atoms with Gasteiger partial charge in [0.1, 0.15) is 6.10 Å². The van der Waals surface area contributed by atoms with Crippen molar-refractivity contribution in [2.24, 2.45) is 5.73 Å². The van der Waals surface area contributed by atoms with E-state index in [9.17, 15) is 4.79 Å². The molecule has 0 radical (unpaired) electrons. The summed E-state index contributed by atoms with van der Waals surface area (Å²) in [5, 5.41) is 12.9. The minimum absolute atomic E-state index is 0.0711. The fourth-order valence-corrected chi connectivity index (χ4v) is 3.33. The van der Waals surface area contributed by atoms with Gasteiger partial charge in [-0.25, -0.2) is 0 Å². The lowest BCUT2D eigenvalue weighted by atomic mass is 10.1. The number of carbonyl (C=O) groups excluding carboxylic acids is 1. The molecule has 0 saturated carbocycles. The Morgan fingerprint density at radius 3 is 3.24 bits per heavy atom. The van der Waals surface area contributed by atoms with Crippen LogP contribution in [0.1, 0.15) is 26.9 Å². The Balaban J connectivity index is 1.76. The molecule has 1 aliphatic rings. The Labute approximate surface area is 130 Å². The van der Waals surface area contributed by atoms with Gasteiger partial charge in [0.25, 0.3) is 5.91 Å². The molecule has 3 rings (SSSR count). The van der Waals surface area contributed by atoms with E-state index < -0.39 is 5.91 Å². The van der Waals surface area contributed by atoms with Crippen LogP contribution in [0.15, 0.2) is 17.5 Å². The Hall–Kier alpha value is -1.70. The smallest absolute Gasteiger partial charge is 0.252 e. The largest absolute Gasteiger partial charge is 0.371 e. The van der Waals surface area contributed by atoms with Gasteiger partial charge in [-0.2, -0.15) is 0 Å². The summed E-state index contributed by atoms with van der Waals surface area (Å²) in [6.07, 6.45) is 0.870. The first-order valence-corrected chi connectivity index (χ1v) is 7.65. The Morgan fingerprint density at radius 2 is 2.43 bits per heavy atom. The van der Waals surface area contributed by atoms with Crippen molar-refractivity contribution >= 4 is 34.7 Å². The topological polar surface area (TPSA) is 90.1 Å². The van der Waals surface area contributed by atoms with Crippen LogP contribution in [0.3, 0.4) is 0 Å². The highest BCUT2D eigenvalue weighted by atomic mass is 35.5. The van der Waals surface area contributed by atoms with Gasteiger partial charge in [0.15, 0.2) is 11.0 Å². The van der Waals surface area contributed by atoms with Crippen molar-refractivity contribution in [3.05, 3.63) is 38.7 Å². The molecule has 2 aromatic heterocycles. The summed E-state index contributed by atoms with van der Waals surface area (Å²) in [7, 11) is 0. The maximum Gasteiger partial charge on any atom is 0.252 e. The summed E-state index contributed by atoms with van der Waals surface area (Å²) in [6.45, 7) is 1.18. The van der Waals surface area contributed by atoms with Gasteiger partial charge in [0.2, 0.25) is 0 Å². The third-order valence-corrected chi connectivity index (χ3v) is 4.44. The number of nitrogens with one attached hydrogen (secondary N) is 1. The number of hydrogen-bond donors (Lipinski definition) is 2. The molecule has 2 aromatic rings. The average Bonchev–Trinajstić information content (AvgIpc) is 2.94. The first kappa shape index (κ1) is 14.2. The number of thiophene rings is 1. The number of fused-ring (bicyclic) bond motifs is 1. The third kappa shape index (κ3) is 2.99. The van der Waals surface area contributed by atoms with Crippen molar-refractivity contribution in [2.45, 2.75) is 12.5 Å². The molecule has 0 bridgehead atoms. The molecule has 21 heavy (non-hydrogen) atoms. The number of amides is 1. The fourth-order valence-electron chi connectivity index (χ4n) is 2.27. The summed E-state index contributed by atoms with van der Waals surface area (Å²) in [5.41, 5.74) is 6.72. The standard InChI is InChI=1S/C13H13ClN4O2S/c14-11-5-8(12(15)19)13(18-17-11)16-6-9-7-2-4-21-10(7)1-3-20-9/h2,4-5,9H,1,3,6H2,(H2,15,19)(H,16,18)/t9-/m1/s1. The van der Waals surface area contributed by atoms with Crippen molar-refractivity contribution in [3.63, 3.8) is 0 Å². The predicted octanol–water partition coefficient (Wildman–Crippen LogP) is 2.02. The Kier molecular flexibility index (Phi) is 4.05. The summed E-state index contributed by atoms with van der Waals surface area (Å²) < 4.78 is 5.76. The summed E-state index contributed by atoms with van der Waals surface area (Å²) in [5.74, 6) is -0.284. The second kappa shape index (κ2) is 5.97. The van der Waals surface area contributed by atoms with E-state index in [0.29, 0.717) is 19.0 Å². The quantitative estimate of drug-likeness (QED) is 0.898. The summed E-state index contributed by atoms with van der Waals surface area (Å²) in [6, 6.07) is 3.46. The van der Waals surface area contributed by atoms with Crippen LogP contribution in [0.5, 0.6) is 0 Å². The first-order valence-electron chi connectivity index (χ1n) is 6.40. The van der Waals surface area contributed by atoms with Crippen LogP contribution in [-0.2, 0) is 11.2 Å². The first-order chi connectivity index (χ1) is 10.1. The highest BCUT2D eigenvalue weighted by molar-refractivity contribution is 7.10. The molecule has 1 amide bonds. The Bertz CT molecular complexity index is 676. The molecular formula is C13H13ClN4O2S. The van der Waals surface area contributed by atoms with Gasteiger partial charge in [-0.05, 0) is 23.1 Å². The highest BCUT2D eigenvalue weighted by Crippen LogP contribution is 2.31. The molecule has 0 aliphatic carbocycles. The number of nitrogens with zero attached hydrogens (tertiary/aromatic N) is 2. The van der Waals surface area contributed by atoms with Crippen LogP contribution in [0.25, 0.3) is 0 Å². The predicted molar refractivity (Wildman–Crippen MR) is 80.8 cm³/mol. The van der Waals surface area contributed by atoms with Crippen LogP contribution in [0.2, 0.25) is 5.15 Å². The molecule has 8 heteroatoms. The number of ether oxygens (including phenoxy) is 1. The van der Waals surface area contributed by atoms with Crippen LogP contribution in [-0.4, -0.2) is 29.3 Å². The lowest BCUT2D eigenvalue weighted by molar-refractivity contribution is 0.0526. The van der Waals surface area contributed by atoms with Gasteiger partial charge in [0, 0.05) is 17.8 Å². The fraction of sp³-hybridized carbons (Fsp3) is 0.308. The minimum Gasteiger partial charge on any atom is -0.371 e. The minimum atomic E-state index is -0.602. The third-order valence-electron chi connectivity index (χ3n) is 3.26. The van der Waals surface area contributed by atoms with Crippen molar-refractivity contribution in [3.8, 4) is 0 Å². The molecule has 0 saturated heterocycles. The van der Waals surface area contributed by atoms with E-state index in [1.54, 1.807) is 11.3 Å². The van der Waals surface area contributed by atoms with E-state index in [2.05, 4.69) is 27.0 Å². The number of halogens is 1. The van der Waals surface area contributed by atoms with Crippen LogP contribution in [0, 0.1) is 0 Å². The van der Waals surface area contributed by atoms with Gasteiger partial charge in [-0.3, -0.25) is 4.79 Å². The number of aromatic nitrogens is 2. The van der Waals surface area contributed by atoms with E-state index in [0.717, 1.165) is 6.42 Å². The van der Waals surface area contributed by atoms with E-state index in [1.165, 1.54) is 16.5 Å². The number of nitrogens with two attached hydrogens (primary N) is 1. The number of anilines is 1. The number of rotatable bonds is 4. The van der Waals surface area contributed by atoms with Crippen LogP contribution < -0.4 is 11.1 Å². The Morgan fingerprint density at radius 1 is 1.57 bits per heavy atom. The zero-order valence-corrected chi connectivity index (χ0v) is 12.6. The number of hydrogen-bond acceptors (Lipinski definition) is 6. The van der Waals surface area contributed by atoms with Crippen LogP contribution in [0.4, 0.5) is 5.82 Å². The van der Waals surface area contributed by atoms with Gasteiger partial charge >= 0.3 is 0 Å². The molecule has 1 aliphatic heterocycles. The molecule has 0 unspecified atom stereocenters. The van der Waals surface area contributed by atoms with Crippen molar-refractivity contribution in [1.82, 2.24) is 10.2 Å². The SMILES string of the molecule is NC(=O)c1cc(Cl)nnc1NC[C@H]1OCCc2sccc21. The number of carbonyl (C=O) groups is 1. The van der Waals surface area contributed by atoms with Crippen molar-refractivity contribution in [1.29, 1.82) is 0 Å². The van der Waals surface area contributed by atoms with Gasteiger partial charge in [0.05, 0.1) is 12.2 Å². The van der Waals surface area contributed by atoms with Crippen LogP contribution >= 0.6 is 22.9 Å². The zero-order valence-electron chi connectivity index (χ0n) is 11.0. The van der Waals surface area contributed by atoms with Gasteiger partial charge in [-0.1, -0.05) is 11.6 Å². The highest BCUT2D eigenvalue weighted by Gasteiger charge is 2.22. The molecular weight excluding hydrogens is 312 g/mol. The molecule has 0 aromatic carbocycles. The molecule has 3 N–H and O–H groups in total. The molecule has 110 valence electrons. The molecule has 0 fully saturated rings. The van der Waals surface area contributed by atoms with Gasteiger partial charge in [-0.15, -0.1) is 21.5 Å². The monoisotopic (exact) mass is 324 g/mol. The van der Waals surface area contributed by atoms with E-state index in [-0.39, 0.29) is 16.8 Å². The number of primary amides is 1. The van der Waals surface area contributed by atoms with E-state index in [1.807, 2.05) is 0 Å². The molecule has 6 nitrogen and oxygen atoms in total. The lowest BCUT2D eigenvalue weighted by Gasteiger charge is -2.24. The van der Waals surface area contributed by atoms with Crippen molar-refractivity contribution < 1.29 is 9.53 Å². The van der Waals surface area contributed by atoms with Crippen molar-refractivity contribution in [2.75, 3.05) is 18.5 Å². The molecule has 0 spiro atoms. The normalized spacial score (nSPS) is 17.3. The molecule has 1 atom stereocenters. The lowest BCUT2D eigenvalue weighted by Crippen LogP contribution is -2.23.